The summed E-state index contributed by atoms with van der Waals surface area (Å²) in [5.41, 5.74) is 0.384. The number of thioether (sulfide) groups is 1. The molecule has 0 unspecified atom stereocenters. The minimum Gasteiger partial charge on any atom is -0.293 e. The predicted octanol–water partition coefficient (Wildman–Crippen LogP) is 3.81. The van der Waals surface area contributed by atoms with Crippen LogP contribution < -0.4 is 0 Å². The normalized spacial score (nSPS) is 17.9. The number of halogens is 2. The highest BCUT2D eigenvalue weighted by molar-refractivity contribution is 9.10. The van der Waals surface area contributed by atoms with Crippen LogP contribution >= 0.6 is 39.9 Å². The summed E-state index contributed by atoms with van der Waals surface area (Å²) in [6.45, 7) is 2.39. The smallest absolute Gasteiger partial charge is 0.266 e. The van der Waals surface area contributed by atoms with Crippen LogP contribution in [0.15, 0.2) is 27.6 Å². The minimum atomic E-state index is -0.369. The van der Waals surface area contributed by atoms with Gasteiger partial charge in [0.25, 0.3) is 5.91 Å². The maximum Gasteiger partial charge on any atom is 0.266 e. The van der Waals surface area contributed by atoms with Gasteiger partial charge in [0.15, 0.2) is 0 Å². The summed E-state index contributed by atoms with van der Waals surface area (Å²) in [4.78, 5) is 13.9. The minimum absolute atomic E-state index is 0.158. The number of benzene rings is 1. The number of likely N-dealkylation sites (N-methyl/N-ethyl adjacent to an activating group) is 1. The van der Waals surface area contributed by atoms with E-state index in [2.05, 4.69) is 15.9 Å². The van der Waals surface area contributed by atoms with E-state index >= 15 is 0 Å². The van der Waals surface area contributed by atoms with Crippen LogP contribution in [0.5, 0.6) is 0 Å². The molecule has 94 valence electrons. The third kappa shape index (κ3) is 2.65. The highest BCUT2D eigenvalue weighted by Gasteiger charge is 2.30. The van der Waals surface area contributed by atoms with E-state index in [1.165, 1.54) is 28.8 Å². The van der Waals surface area contributed by atoms with Gasteiger partial charge < -0.3 is 0 Å². The van der Waals surface area contributed by atoms with Crippen LogP contribution in [0.4, 0.5) is 4.39 Å². The maximum absolute atomic E-state index is 13.7. The second-order valence-electron chi connectivity index (χ2n) is 3.59. The molecule has 1 heterocycles. The second-order valence-corrected chi connectivity index (χ2v) is 6.18. The van der Waals surface area contributed by atoms with E-state index in [0.29, 0.717) is 25.8 Å². The molecule has 0 aromatic heterocycles. The molecule has 1 fully saturated rings. The van der Waals surface area contributed by atoms with E-state index in [0.717, 1.165) is 0 Å². The van der Waals surface area contributed by atoms with Gasteiger partial charge in [0.1, 0.15) is 10.1 Å². The van der Waals surface area contributed by atoms with Crippen molar-refractivity contribution >= 4 is 56.2 Å². The fourth-order valence-electron chi connectivity index (χ4n) is 1.53. The van der Waals surface area contributed by atoms with Gasteiger partial charge in [0.05, 0.1) is 4.91 Å². The Morgan fingerprint density at radius 2 is 2.28 bits per heavy atom. The summed E-state index contributed by atoms with van der Waals surface area (Å²) in [5, 5.41) is 0. The van der Waals surface area contributed by atoms with Crippen LogP contribution in [-0.2, 0) is 4.79 Å². The fourth-order valence-corrected chi connectivity index (χ4v) is 3.24. The maximum atomic E-state index is 13.7. The number of rotatable bonds is 2. The molecule has 0 atom stereocenters. The molecule has 1 aliphatic heterocycles. The van der Waals surface area contributed by atoms with E-state index in [4.69, 9.17) is 12.2 Å². The van der Waals surface area contributed by atoms with Crippen molar-refractivity contribution in [2.45, 2.75) is 6.92 Å². The van der Waals surface area contributed by atoms with Gasteiger partial charge in [0, 0.05) is 16.6 Å². The molecule has 1 saturated heterocycles. The summed E-state index contributed by atoms with van der Waals surface area (Å²) in [6, 6.07) is 4.72. The molecule has 1 aliphatic rings. The van der Waals surface area contributed by atoms with Gasteiger partial charge in [-0.3, -0.25) is 9.69 Å². The van der Waals surface area contributed by atoms with Crippen molar-refractivity contribution in [3.05, 3.63) is 39.0 Å². The van der Waals surface area contributed by atoms with Crippen LogP contribution in [0.25, 0.3) is 6.08 Å². The lowest BCUT2D eigenvalue weighted by atomic mass is 10.2. The van der Waals surface area contributed by atoms with Crippen molar-refractivity contribution < 1.29 is 9.18 Å². The van der Waals surface area contributed by atoms with Crippen LogP contribution in [-0.4, -0.2) is 21.7 Å². The fraction of sp³-hybridized carbons (Fsp3) is 0.167. The van der Waals surface area contributed by atoms with Gasteiger partial charge in [0.2, 0.25) is 0 Å². The molecule has 1 aromatic carbocycles. The number of carbonyl (C=O) groups is 1. The summed E-state index contributed by atoms with van der Waals surface area (Å²) in [7, 11) is 0. The molecule has 18 heavy (non-hydrogen) atoms. The van der Waals surface area contributed by atoms with E-state index < -0.39 is 0 Å². The lowest BCUT2D eigenvalue weighted by Crippen LogP contribution is -2.27. The Kier molecular flexibility index (Phi) is 4.19. The first-order chi connectivity index (χ1) is 8.52. The second kappa shape index (κ2) is 5.50. The van der Waals surface area contributed by atoms with Crippen molar-refractivity contribution in [3.63, 3.8) is 0 Å². The molecule has 0 radical (unpaired) electrons. The van der Waals surface area contributed by atoms with Gasteiger partial charge in [-0.05, 0) is 25.1 Å². The average molecular weight is 346 g/mol. The Balaban J connectivity index is 2.35. The highest BCUT2D eigenvalue weighted by atomic mass is 79.9. The van der Waals surface area contributed by atoms with Crippen LogP contribution in [0.3, 0.4) is 0 Å². The SMILES string of the molecule is CCN1C(=O)C(=Cc2ccc(Br)cc2F)SC1=S. The number of carbonyl (C=O) groups excluding carboxylic acids is 1. The van der Waals surface area contributed by atoms with Gasteiger partial charge >= 0.3 is 0 Å². The molecule has 1 aromatic rings. The average Bonchev–Trinajstić information content (AvgIpc) is 2.58. The Morgan fingerprint density at radius 1 is 1.56 bits per heavy atom. The topological polar surface area (TPSA) is 20.3 Å². The molecular formula is C12H9BrFNOS2. The number of hydrogen-bond donors (Lipinski definition) is 0. The third-order valence-electron chi connectivity index (χ3n) is 2.44. The highest BCUT2D eigenvalue weighted by Crippen LogP contribution is 2.32. The molecule has 2 rings (SSSR count). The number of hydrogen-bond acceptors (Lipinski definition) is 3. The monoisotopic (exact) mass is 345 g/mol. The van der Waals surface area contributed by atoms with Gasteiger partial charge in [-0.15, -0.1) is 0 Å². The van der Waals surface area contributed by atoms with Crippen molar-refractivity contribution in [2.24, 2.45) is 0 Å². The molecule has 0 N–H and O–H groups in total. The molecule has 0 bridgehead atoms. The van der Waals surface area contributed by atoms with Gasteiger partial charge in [-0.25, -0.2) is 4.39 Å². The Bertz CT molecular complexity index is 559. The number of thiocarbonyl (C=S) groups is 1. The molecule has 1 amide bonds. The zero-order chi connectivity index (χ0) is 13.3. The Hall–Kier alpha value is -0.720. The van der Waals surface area contributed by atoms with Crippen molar-refractivity contribution in [1.82, 2.24) is 4.90 Å². The molecule has 0 saturated carbocycles. The number of amides is 1. The van der Waals surface area contributed by atoms with Crippen molar-refractivity contribution in [3.8, 4) is 0 Å². The first-order valence-corrected chi connectivity index (χ1v) is 7.25. The third-order valence-corrected chi connectivity index (χ3v) is 4.31. The Morgan fingerprint density at radius 3 is 2.83 bits per heavy atom. The predicted molar refractivity (Wildman–Crippen MR) is 79.7 cm³/mol. The van der Waals surface area contributed by atoms with Crippen LogP contribution in [0.2, 0.25) is 0 Å². The summed E-state index contributed by atoms with van der Waals surface area (Å²) < 4.78 is 14.9. The lowest BCUT2D eigenvalue weighted by molar-refractivity contribution is -0.121. The van der Waals surface area contributed by atoms with Gasteiger partial charge in [-0.2, -0.15) is 0 Å². The number of nitrogens with zero attached hydrogens (tertiary/aromatic N) is 1. The van der Waals surface area contributed by atoms with E-state index in [1.54, 1.807) is 12.1 Å². The zero-order valence-electron chi connectivity index (χ0n) is 9.44. The molecule has 2 nitrogen and oxygen atoms in total. The van der Waals surface area contributed by atoms with Crippen LogP contribution in [0, 0.1) is 5.82 Å². The first kappa shape index (κ1) is 13.7. The summed E-state index contributed by atoms with van der Waals surface area (Å²) in [6.07, 6.45) is 1.54. The van der Waals surface area contributed by atoms with Crippen molar-refractivity contribution in [1.29, 1.82) is 0 Å². The van der Waals surface area contributed by atoms with Gasteiger partial charge in [-0.1, -0.05) is 46.0 Å². The van der Waals surface area contributed by atoms with E-state index in [9.17, 15) is 9.18 Å². The molecule has 0 spiro atoms. The van der Waals surface area contributed by atoms with E-state index in [1.807, 2.05) is 6.92 Å². The van der Waals surface area contributed by atoms with Crippen LogP contribution in [0.1, 0.15) is 12.5 Å². The molecule has 6 heteroatoms. The summed E-state index contributed by atoms with van der Waals surface area (Å²) >= 11 is 9.48. The molecular weight excluding hydrogens is 337 g/mol. The largest absolute Gasteiger partial charge is 0.293 e. The standard InChI is InChI=1S/C12H9BrFNOS2/c1-2-15-11(16)10(18-12(15)17)5-7-3-4-8(13)6-9(7)14/h3-6H,2H2,1H3. The quantitative estimate of drug-likeness (QED) is 0.600. The van der Waals surface area contributed by atoms with Crippen molar-refractivity contribution in [2.75, 3.05) is 6.54 Å². The molecule has 0 aliphatic carbocycles. The summed E-state index contributed by atoms with van der Waals surface area (Å²) in [5.74, 6) is -0.527. The van der Waals surface area contributed by atoms with E-state index in [-0.39, 0.29) is 11.7 Å². The lowest BCUT2D eigenvalue weighted by Gasteiger charge is -2.09. The Labute approximate surface area is 122 Å². The zero-order valence-corrected chi connectivity index (χ0v) is 12.7. The first-order valence-electron chi connectivity index (χ1n) is 5.23.